The van der Waals surface area contributed by atoms with Crippen LogP contribution >= 0.6 is 11.3 Å². The molecule has 0 fully saturated rings. The van der Waals surface area contributed by atoms with Gasteiger partial charge in [-0.1, -0.05) is 30.3 Å². The van der Waals surface area contributed by atoms with E-state index >= 15 is 0 Å². The molecule has 3 nitrogen and oxygen atoms in total. The first kappa shape index (κ1) is 13.0. The molecule has 0 saturated carbocycles. The van der Waals surface area contributed by atoms with Crippen LogP contribution in [0.4, 0.5) is 0 Å². The van der Waals surface area contributed by atoms with Gasteiger partial charge in [0.2, 0.25) is 0 Å². The second-order valence-electron chi connectivity index (χ2n) is 5.81. The molecule has 0 saturated heterocycles. The maximum Gasteiger partial charge on any atom is 0.194 e. The van der Waals surface area contributed by atoms with E-state index < -0.39 is 0 Å². The summed E-state index contributed by atoms with van der Waals surface area (Å²) in [5.41, 5.74) is 5.44. The highest BCUT2D eigenvalue weighted by Gasteiger charge is 2.23. The van der Waals surface area contributed by atoms with Gasteiger partial charge in [-0.15, -0.1) is 11.3 Å². The number of imidazole rings is 1. The van der Waals surface area contributed by atoms with Crippen molar-refractivity contribution in [3.8, 4) is 0 Å². The topological polar surface area (TPSA) is 20.5 Å². The number of rotatable bonds is 2. The number of benzene rings is 1. The molecule has 4 rings (SSSR count). The Morgan fingerprint density at radius 3 is 2.81 bits per heavy atom. The fraction of sp³-hybridized carbons (Fsp3) is 0.353. The maximum atomic E-state index is 4.83. The van der Waals surface area contributed by atoms with Gasteiger partial charge in [-0.3, -0.25) is 9.30 Å². The van der Waals surface area contributed by atoms with Gasteiger partial charge in [0, 0.05) is 36.6 Å². The number of hydrogen-bond donors (Lipinski definition) is 0. The van der Waals surface area contributed by atoms with E-state index in [-0.39, 0.29) is 0 Å². The number of fused-ring (bicyclic) bond motifs is 3. The zero-order valence-electron chi connectivity index (χ0n) is 12.5. The molecular formula is C17H19N3S. The minimum absolute atomic E-state index is 1.00. The van der Waals surface area contributed by atoms with Crippen molar-refractivity contribution in [2.24, 2.45) is 0 Å². The van der Waals surface area contributed by atoms with Gasteiger partial charge < -0.3 is 0 Å². The van der Waals surface area contributed by atoms with Crippen molar-refractivity contribution >= 4 is 16.3 Å². The van der Waals surface area contributed by atoms with Crippen LogP contribution in [0.5, 0.6) is 0 Å². The van der Waals surface area contributed by atoms with Crippen LogP contribution in [0.1, 0.15) is 27.5 Å². The van der Waals surface area contributed by atoms with E-state index in [1.807, 2.05) is 11.3 Å². The summed E-state index contributed by atoms with van der Waals surface area (Å²) in [5, 5.41) is 0. The molecule has 0 spiro atoms. The second kappa shape index (κ2) is 4.97. The first-order valence-corrected chi connectivity index (χ1v) is 8.26. The lowest BCUT2D eigenvalue weighted by Gasteiger charge is -2.26. The molecule has 108 valence electrons. The molecule has 3 aromatic rings. The monoisotopic (exact) mass is 297 g/mol. The number of aryl methyl sites for hydroxylation is 2. The van der Waals surface area contributed by atoms with E-state index in [4.69, 9.17) is 4.98 Å². The van der Waals surface area contributed by atoms with Crippen molar-refractivity contribution in [3.05, 3.63) is 57.9 Å². The summed E-state index contributed by atoms with van der Waals surface area (Å²) in [6, 6.07) is 10.7. The third-order valence-corrected chi connectivity index (χ3v) is 5.46. The van der Waals surface area contributed by atoms with E-state index in [2.05, 4.69) is 53.5 Å². The molecule has 4 heteroatoms. The first-order chi connectivity index (χ1) is 10.2. The summed E-state index contributed by atoms with van der Waals surface area (Å²) in [4.78, 5) is 9.90. The Bertz CT molecular complexity index is 785. The van der Waals surface area contributed by atoms with Gasteiger partial charge >= 0.3 is 0 Å². The molecular weight excluding hydrogens is 278 g/mol. The SMILES string of the molecule is Cc1sc2nc3c(n2c1C)CN(Cc1ccccc1)CC3. The lowest BCUT2D eigenvalue weighted by atomic mass is 10.1. The van der Waals surface area contributed by atoms with Crippen molar-refractivity contribution < 1.29 is 0 Å². The van der Waals surface area contributed by atoms with Crippen molar-refractivity contribution in [2.45, 2.75) is 33.4 Å². The molecule has 0 aliphatic carbocycles. The Kier molecular flexibility index (Phi) is 3.08. The van der Waals surface area contributed by atoms with Gasteiger partial charge in [-0.05, 0) is 19.4 Å². The summed E-state index contributed by atoms with van der Waals surface area (Å²) < 4.78 is 2.37. The minimum atomic E-state index is 1.00. The average molecular weight is 297 g/mol. The molecule has 1 aliphatic rings. The van der Waals surface area contributed by atoms with Gasteiger partial charge in [0.1, 0.15) is 0 Å². The van der Waals surface area contributed by atoms with Gasteiger partial charge in [-0.2, -0.15) is 0 Å². The van der Waals surface area contributed by atoms with E-state index in [0.717, 1.165) is 31.0 Å². The molecule has 0 N–H and O–H groups in total. The number of aromatic nitrogens is 2. The van der Waals surface area contributed by atoms with Crippen LogP contribution in [0, 0.1) is 13.8 Å². The fourth-order valence-electron chi connectivity index (χ4n) is 3.15. The quantitative estimate of drug-likeness (QED) is 0.721. The van der Waals surface area contributed by atoms with E-state index in [0.29, 0.717) is 0 Å². The molecule has 1 aromatic carbocycles. The van der Waals surface area contributed by atoms with Crippen molar-refractivity contribution in [1.29, 1.82) is 0 Å². The Labute approximate surface area is 128 Å². The second-order valence-corrected chi connectivity index (χ2v) is 6.99. The lowest BCUT2D eigenvalue weighted by Crippen LogP contribution is -2.30. The normalized spacial score (nSPS) is 15.5. The molecule has 21 heavy (non-hydrogen) atoms. The average Bonchev–Trinajstić information content (AvgIpc) is 2.97. The molecule has 0 unspecified atom stereocenters. The zero-order valence-corrected chi connectivity index (χ0v) is 13.3. The fourth-order valence-corrected chi connectivity index (χ4v) is 4.16. The van der Waals surface area contributed by atoms with Crippen LogP contribution < -0.4 is 0 Å². The molecule has 0 atom stereocenters. The summed E-state index contributed by atoms with van der Waals surface area (Å²) in [5.74, 6) is 0. The highest BCUT2D eigenvalue weighted by atomic mass is 32.1. The molecule has 0 amide bonds. The number of thiazole rings is 1. The molecule has 2 aromatic heterocycles. The van der Waals surface area contributed by atoms with E-state index in [1.54, 1.807) is 0 Å². The Hall–Kier alpha value is -1.65. The highest BCUT2D eigenvalue weighted by molar-refractivity contribution is 7.17. The highest BCUT2D eigenvalue weighted by Crippen LogP contribution is 2.28. The van der Waals surface area contributed by atoms with Crippen LogP contribution in [0.3, 0.4) is 0 Å². The van der Waals surface area contributed by atoms with E-state index in [9.17, 15) is 0 Å². The third-order valence-electron chi connectivity index (χ3n) is 4.40. The predicted molar refractivity (Wildman–Crippen MR) is 86.8 cm³/mol. The predicted octanol–water partition coefficient (Wildman–Crippen LogP) is 3.57. The number of hydrogen-bond acceptors (Lipinski definition) is 3. The molecule has 1 aliphatic heterocycles. The standard InChI is InChI=1S/C17H19N3S/c1-12-13(2)21-17-18-15-8-9-19(11-16(15)20(12)17)10-14-6-4-3-5-7-14/h3-7H,8-11H2,1-2H3. The maximum absolute atomic E-state index is 4.83. The summed E-state index contributed by atoms with van der Waals surface area (Å²) in [6.45, 7) is 7.52. The molecule has 0 radical (unpaired) electrons. The van der Waals surface area contributed by atoms with Crippen molar-refractivity contribution in [2.75, 3.05) is 6.54 Å². The van der Waals surface area contributed by atoms with Crippen molar-refractivity contribution in [3.63, 3.8) is 0 Å². The van der Waals surface area contributed by atoms with Gasteiger partial charge in [0.15, 0.2) is 4.96 Å². The summed E-state index contributed by atoms with van der Waals surface area (Å²) in [6.07, 6.45) is 1.06. The largest absolute Gasteiger partial charge is 0.293 e. The number of nitrogens with zero attached hydrogens (tertiary/aromatic N) is 3. The van der Waals surface area contributed by atoms with E-state index in [1.165, 1.54) is 27.5 Å². The van der Waals surface area contributed by atoms with Gasteiger partial charge in [0.05, 0.1) is 11.4 Å². The van der Waals surface area contributed by atoms with Gasteiger partial charge in [0.25, 0.3) is 0 Å². The molecule has 0 bridgehead atoms. The van der Waals surface area contributed by atoms with Crippen LogP contribution in [0.2, 0.25) is 0 Å². The van der Waals surface area contributed by atoms with Crippen LogP contribution in [0.15, 0.2) is 30.3 Å². The Balaban J connectivity index is 1.66. The Morgan fingerprint density at radius 1 is 1.19 bits per heavy atom. The lowest BCUT2D eigenvalue weighted by molar-refractivity contribution is 0.240. The zero-order chi connectivity index (χ0) is 14.4. The Morgan fingerprint density at radius 2 is 2.00 bits per heavy atom. The minimum Gasteiger partial charge on any atom is -0.293 e. The summed E-state index contributed by atoms with van der Waals surface area (Å²) in [7, 11) is 0. The van der Waals surface area contributed by atoms with Crippen LogP contribution in [0.25, 0.3) is 4.96 Å². The summed E-state index contributed by atoms with van der Waals surface area (Å²) >= 11 is 1.81. The molecule has 3 heterocycles. The third kappa shape index (κ3) is 2.19. The van der Waals surface area contributed by atoms with Gasteiger partial charge in [-0.25, -0.2) is 4.98 Å². The van der Waals surface area contributed by atoms with Crippen LogP contribution in [-0.2, 0) is 19.5 Å². The van der Waals surface area contributed by atoms with Crippen molar-refractivity contribution in [1.82, 2.24) is 14.3 Å². The smallest absolute Gasteiger partial charge is 0.194 e. The first-order valence-electron chi connectivity index (χ1n) is 7.45. The van der Waals surface area contributed by atoms with Crippen LogP contribution in [-0.4, -0.2) is 20.8 Å².